The first-order chi connectivity index (χ1) is 6.63. The van der Waals surface area contributed by atoms with Gasteiger partial charge in [-0.3, -0.25) is 4.21 Å². The molecule has 0 aliphatic carbocycles. The number of halogens is 1. The standard InChI is InChI=1S/C9H12FNO2S/c10-7-2-1-3-9(4-7)14(13)6-8(12)5-11/h1-4,8,12H,5-6,11H2. The highest BCUT2D eigenvalue weighted by atomic mass is 32.2. The van der Waals surface area contributed by atoms with Crippen molar-refractivity contribution in [2.24, 2.45) is 5.73 Å². The number of rotatable bonds is 4. The molecule has 0 saturated carbocycles. The Morgan fingerprint density at radius 3 is 2.86 bits per heavy atom. The van der Waals surface area contributed by atoms with Gasteiger partial charge in [0.1, 0.15) is 5.82 Å². The molecule has 0 spiro atoms. The van der Waals surface area contributed by atoms with Gasteiger partial charge in [-0.05, 0) is 18.2 Å². The van der Waals surface area contributed by atoms with Crippen LogP contribution in [0.25, 0.3) is 0 Å². The fraction of sp³-hybridized carbons (Fsp3) is 0.333. The first kappa shape index (κ1) is 11.3. The molecular formula is C9H12FNO2S. The molecule has 0 fully saturated rings. The third-order valence-corrected chi connectivity index (χ3v) is 3.14. The molecule has 0 radical (unpaired) electrons. The second-order valence-corrected chi connectivity index (χ2v) is 4.35. The molecule has 14 heavy (non-hydrogen) atoms. The zero-order valence-electron chi connectivity index (χ0n) is 7.52. The monoisotopic (exact) mass is 217 g/mol. The summed E-state index contributed by atoms with van der Waals surface area (Å²) in [5.41, 5.74) is 5.17. The van der Waals surface area contributed by atoms with Crippen LogP contribution in [0.15, 0.2) is 29.2 Å². The molecule has 78 valence electrons. The smallest absolute Gasteiger partial charge is 0.124 e. The summed E-state index contributed by atoms with van der Waals surface area (Å²) in [5, 5.41) is 9.15. The van der Waals surface area contributed by atoms with Crippen LogP contribution in [0.2, 0.25) is 0 Å². The van der Waals surface area contributed by atoms with E-state index in [1.807, 2.05) is 0 Å². The molecule has 2 atom stereocenters. The van der Waals surface area contributed by atoms with Gasteiger partial charge < -0.3 is 10.8 Å². The van der Waals surface area contributed by atoms with Gasteiger partial charge in [-0.2, -0.15) is 0 Å². The van der Waals surface area contributed by atoms with Crippen LogP contribution in [0.3, 0.4) is 0 Å². The molecule has 0 amide bonds. The van der Waals surface area contributed by atoms with Gasteiger partial charge in [-0.1, -0.05) is 6.07 Å². The third kappa shape index (κ3) is 3.17. The van der Waals surface area contributed by atoms with Crippen LogP contribution in [-0.2, 0) is 10.8 Å². The molecule has 0 aliphatic rings. The maximum Gasteiger partial charge on any atom is 0.124 e. The van der Waals surface area contributed by atoms with Crippen LogP contribution in [-0.4, -0.2) is 27.7 Å². The summed E-state index contributed by atoms with van der Waals surface area (Å²) in [6.45, 7) is 0.0566. The quantitative estimate of drug-likeness (QED) is 0.760. The molecular weight excluding hydrogens is 205 g/mol. The Bertz CT molecular complexity index is 332. The Kier molecular flexibility index (Phi) is 4.19. The number of aliphatic hydroxyl groups excluding tert-OH is 1. The average molecular weight is 217 g/mol. The number of aliphatic hydroxyl groups is 1. The molecule has 1 rings (SSSR count). The minimum Gasteiger partial charge on any atom is -0.391 e. The van der Waals surface area contributed by atoms with Gasteiger partial charge in [0, 0.05) is 11.4 Å². The maximum absolute atomic E-state index is 12.7. The van der Waals surface area contributed by atoms with E-state index in [9.17, 15) is 8.60 Å². The molecule has 0 heterocycles. The van der Waals surface area contributed by atoms with E-state index in [-0.39, 0.29) is 12.3 Å². The second-order valence-electron chi connectivity index (χ2n) is 2.86. The van der Waals surface area contributed by atoms with E-state index in [1.165, 1.54) is 18.2 Å². The Balaban J connectivity index is 2.70. The summed E-state index contributed by atoms with van der Waals surface area (Å²) in [6.07, 6.45) is -0.806. The van der Waals surface area contributed by atoms with Crippen LogP contribution in [0, 0.1) is 5.82 Å². The fourth-order valence-electron chi connectivity index (χ4n) is 0.948. The van der Waals surface area contributed by atoms with Crippen molar-refractivity contribution < 1.29 is 13.7 Å². The van der Waals surface area contributed by atoms with Crippen molar-refractivity contribution in [1.29, 1.82) is 0 Å². The van der Waals surface area contributed by atoms with E-state index in [2.05, 4.69) is 0 Å². The number of hydrogen-bond acceptors (Lipinski definition) is 3. The average Bonchev–Trinajstić information content (AvgIpc) is 2.17. The summed E-state index contributed by atoms with van der Waals surface area (Å²) in [5.74, 6) is -0.391. The SMILES string of the molecule is NCC(O)CS(=O)c1cccc(F)c1. The van der Waals surface area contributed by atoms with Crippen LogP contribution < -0.4 is 5.73 Å². The molecule has 0 bridgehead atoms. The van der Waals surface area contributed by atoms with Crippen molar-refractivity contribution in [3.63, 3.8) is 0 Å². The lowest BCUT2D eigenvalue weighted by Gasteiger charge is -2.06. The summed E-state index contributed by atoms with van der Waals surface area (Å²) in [7, 11) is -1.39. The predicted octanol–water partition coefficient (Wildman–Crippen LogP) is 0.253. The molecule has 0 saturated heterocycles. The van der Waals surface area contributed by atoms with Gasteiger partial charge in [0.05, 0.1) is 22.7 Å². The van der Waals surface area contributed by atoms with E-state index >= 15 is 0 Å². The predicted molar refractivity (Wildman–Crippen MR) is 52.7 cm³/mol. The highest BCUT2D eigenvalue weighted by Gasteiger charge is 2.10. The Morgan fingerprint density at radius 1 is 1.57 bits per heavy atom. The Labute approximate surface area is 84.2 Å². The highest BCUT2D eigenvalue weighted by Crippen LogP contribution is 2.09. The lowest BCUT2D eigenvalue weighted by molar-refractivity contribution is 0.207. The second kappa shape index (κ2) is 5.19. The van der Waals surface area contributed by atoms with Gasteiger partial charge >= 0.3 is 0 Å². The molecule has 3 nitrogen and oxygen atoms in total. The molecule has 0 aromatic heterocycles. The molecule has 1 aromatic rings. The van der Waals surface area contributed by atoms with Crippen molar-refractivity contribution in [3.8, 4) is 0 Å². The van der Waals surface area contributed by atoms with Crippen LogP contribution in [0.4, 0.5) is 4.39 Å². The maximum atomic E-state index is 12.7. The minimum atomic E-state index is -1.39. The van der Waals surface area contributed by atoms with Crippen molar-refractivity contribution in [2.45, 2.75) is 11.0 Å². The zero-order chi connectivity index (χ0) is 10.6. The van der Waals surface area contributed by atoms with E-state index in [0.717, 1.165) is 0 Å². The molecule has 2 unspecified atom stereocenters. The zero-order valence-corrected chi connectivity index (χ0v) is 8.34. The Morgan fingerprint density at radius 2 is 2.29 bits per heavy atom. The van der Waals surface area contributed by atoms with Gasteiger partial charge in [0.15, 0.2) is 0 Å². The van der Waals surface area contributed by atoms with Gasteiger partial charge in [0.25, 0.3) is 0 Å². The Hall–Kier alpha value is -0.780. The number of benzene rings is 1. The summed E-state index contributed by atoms with van der Waals surface area (Å²) < 4.78 is 24.2. The van der Waals surface area contributed by atoms with E-state index in [4.69, 9.17) is 10.8 Å². The van der Waals surface area contributed by atoms with Gasteiger partial charge in [-0.15, -0.1) is 0 Å². The largest absolute Gasteiger partial charge is 0.391 e. The normalized spacial score (nSPS) is 15.1. The van der Waals surface area contributed by atoms with Gasteiger partial charge in [0.2, 0.25) is 0 Å². The van der Waals surface area contributed by atoms with Crippen LogP contribution in [0.5, 0.6) is 0 Å². The van der Waals surface area contributed by atoms with E-state index in [0.29, 0.717) is 4.90 Å². The lowest BCUT2D eigenvalue weighted by Crippen LogP contribution is -2.26. The third-order valence-electron chi connectivity index (χ3n) is 1.67. The highest BCUT2D eigenvalue weighted by molar-refractivity contribution is 7.85. The first-order valence-corrected chi connectivity index (χ1v) is 5.47. The van der Waals surface area contributed by atoms with Crippen molar-refractivity contribution in [3.05, 3.63) is 30.1 Å². The molecule has 3 N–H and O–H groups in total. The van der Waals surface area contributed by atoms with Gasteiger partial charge in [-0.25, -0.2) is 4.39 Å². The molecule has 0 aliphatic heterocycles. The number of hydrogen-bond donors (Lipinski definition) is 2. The van der Waals surface area contributed by atoms with Crippen molar-refractivity contribution in [2.75, 3.05) is 12.3 Å². The van der Waals surface area contributed by atoms with Crippen molar-refractivity contribution in [1.82, 2.24) is 0 Å². The van der Waals surface area contributed by atoms with E-state index < -0.39 is 22.7 Å². The van der Waals surface area contributed by atoms with E-state index in [1.54, 1.807) is 6.07 Å². The first-order valence-electron chi connectivity index (χ1n) is 4.15. The van der Waals surface area contributed by atoms with Crippen LogP contribution in [0.1, 0.15) is 0 Å². The summed E-state index contributed by atoms with van der Waals surface area (Å²) >= 11 is 0. The lowest BCUT2D eigenvalue weighted by atomic mass is 10.3. The topological polar surface area (TPSA) is 63.3 Å². The fourth-order valence-corrected chi connectivity index (χ4v) is 2.10. The van der Waals surface area contributed by atoms with Crippen LogP contribution >= 0.6 is 0 Å². The summed E-state index contributed by atoms with van der Waals surface area (Å²) in [4.78, 5) is 0.373. The number of nitrogens with two attached hydrogens (primary N) is 1. The van der Waals surface area contributed by atoms with Crippen molar-refractivity contribution >= 4 is 10.8 Å². The minimum absolute atomic E-state index is 0.0416. The molecule has 1 aromatic carbocycles. The molecule has 5 heteroatoms. The summed E-state index contributed by atoms with van der Waals surface area (Å²) in [6, 6.07) is 5.51.